The highest BCUT2D eigenvalue weighted by Gasteiger charge is 2.89. The van der Waals surface area contributed by atoms with Crippen molar-refractivity contribution < 1.29 is 43.5 Å². The summed E-state index contributed by atoms with van der Waals surface area (Å²) in [5, 5.41) is 28.9. The predicted molar refractivity (Wildman–Crippen MR) is 188 cm³/mol. The van der Waals surface area contributed by atoms with Crippen LogP contribution in [0.3, 0.4) is 0 Å². The van der Waals surface area contributed by atoms with Crippen molar-refractivity contribution in [2.45, 2.75) is 100 Å². The number of carbonyl (C=O) groups excluding carboxylic acids is 2. The van der Waals surface area contributed by atoms with Crippen LogP contribution in [0.5, 0.6) is 5.75 Å². The smallest absolute Gasteiger partial charge is 0.340 e. The molecule has 1 saturated heterocycles. The lowest BCUT2D eigenvalue weighted by molar-refractivity contribution is -0.337. The molecule has 6 fully saturated rings. The van der Waals surface area contributed by atoms with Gasteiger partial charge in [0.15, 0.2) is 0 Å². The number of aliphatic hydroxyl groups is 2. The van der Waals surface area contributed by atoms with Crippen LogP contribution in [0.2, 0.25) is 0 Å². The molecule has 1 amide bonds. The maximum atomic E-state index is 14.5. The summed E-state index contributed by atoms with van der Waals surface area (Å²) in [6.07, 6.45) is 1.72. The molecule has 1 spiro atoms. The molecule has 2 aromatic carbocycles. The summed E-state index contributed by atoms with van der Waals surface area (Å²) >= 11 is 0. The molecule has 3 N–H and O–H groups in total. The molecule has 6 aliphatic rings. The van der Waals surface area contributed by atoms with Crippen LogP contribution >= 0.6 is 0 Å². The summed E-state index contributed by atoms with van der Waals surface area (Å²) in [5.74, 6) is -1.11. The van der Waals surface area contributed by atoms with Crippen molar-refractivity contribution in [3.63, 3.8) is 0 Å². The molecule has 276 valence electrons. The zero-order valence-electron chi connectivity index (χ0n) is 30.5. The van der Waals surface area contributed by atoms with E-state index in [0.717, 1.165) is 0 Å². The summed E-state index contributed by atoms with van der Waals surface area (Å²) in [4.78, 5) is 30.3. The van der Waals surface area contributed by atoms with E-state index < -0.39 is 34.3 Å². The number of benzene rings is 2. The van der Waals surface area contributed by atoms with E-state index in [2.05, 4.69) is 17.1 Å². The van der Waals surface area contributed by atoms with E-state index in [1.165, 1.54) is 0 Å². The maximum absolute atomic E-state index is 14.5. The molecule has 1 aliphatic heterocycles. The Bertz CT molecular complexity index is 1690. The van der Waals surface area contributed by atoms with Gasteiger partial charge in [-0.05, 0) is 82.5 Å². The number of hydrogen-bond donors (Lipinski definition) is 3. The summed E-state index contributed by atoms with van der Waals surface area (Å²) in [7, 11) is 5.05. The van der Waals surface area contributed by atoms with Crippen molar-refractivity contribution in [3.8, 4) is 5.75 Å². The number of fused-ring (bicyclic) bond motifs is 2. The van der Waals surface area contributed by atoms with Gasteiger partial charge in [-0.2, -0.15) is 0 Å². The van der Waals surface area contributed by atoms with Gasteiger partial charge < -0.3 is 39.2 Å². The summed E-state index contributed by atoms with van der Waals surface area (Å²) < 4.78 is 31.1. The molecule has 51 heavy (non-hydrogen) atoms. The van der Waals surface area contributed by atoms with Gasteiger partial charge in [0.25, 0.3) is 5.91 Å². The van der Waals surface area contributed by atoms with Gasteiger partial charge in [0, 0.05) is 75.0 Å². The number of methoxy groups -OCH3 is 3. The molecule has 2 aromatic rings. The van der Waals surface area contributed by atoms with Crippen molar-refractivity contribution in [3.05, 3.63) is 59.7 Å². The molecule has 12 atom stereocenters. The van der Waals surface area contributed by atoms with Gasteiger partial charge in [0.2, 0.25) is 0 Å². The Morgan fingerprint density at radius 2 is 1.73 bits per heavy atom. The zero-order chi connectivity index (χ0) is 36.1. The Morgan fingerprint density at radius 1 is 0.980 bits per heavy atom. The number of likely N-dealkylation sites (tertiary alicyclic amines) is 1. The maximum Gasteiger partial charge on any atom is 0.340 e. The number of esters is 1. The van der Waals surface area contributed by atoms with Gasteiger partial charge in [0.1, 0.15) is 22.6 Å². The lowest BCUT2D eigenvalue weighted by Crippen LogP contribution is -2.83. The first-order chi connectivity index (χ1) is 24.4. The van der Waals surface area contributed by atoms with Crippen LogP contribution in [0.1, 0.15) is 73.6 Å². The van der Waals surface area contributed by atoms with Gasteiger partial charge in [0.05, 0.1) is 35.7 Å². The summed E-state index contributed by atoms with van der Waals surface area (Å²) in [6, 6.07) is 13.8. The molecule has 5 aliphatic carbocycles. The van der Waals surface area contributed by atoms with Gasteiger partial charge >= 0.3 is 5.97 Å². The Labute approximate surface area is 299 Å². The topological polar surface area (TPSA) is 136 Å². The monoisotopic (exact) mass is 704 g/mol. The SMILES string of the molecule is CCN1C[C@]2(OC(=O)c3ccccc3NC(=O)c3ccc(OC(C)C)cc3)CC[C@H](OC)[C@]34C1[C@H](C[C@H]23)[C@@]1(O)C[C@H](OC)[C@H]2C[C@@H]4[C@]1(O)[C@H]2OC. The fourth-order valence-electron chi connectivity index (χ4n) is 12.6. The minimum absolute atomic E-state index is 0.0132. The fraction of sp³-hybridized carbons (Fsp3) is 0.650. The highest BCUT2D eigenvalue weighted by Crippen LogP contribution is 2.79. The molecule has 1 unspecified atom stereocenters. The highest BCUT2D eigenvalue weighted by molar-refractivity contribution is 6.08. The highest BCUT2D eigenvalue weighted by atomic mass is 16.6. The van der Waals surface area contributed by atoms with Gasteiger partial charge in [-0.25, -0.2) is 4.79 Å². The van der Waals surface area contributed by atoms with Crippen LogP contribution in [0.15, 0.2) is 48.5 Å². The number of rotatable bonds is 10. The summed E-state index contributed by atoms with van der Waals surface area (Å²) in [6.45, 7) is 7.20. The van der Waals surface area contributed by atoms with Gasteiger partial charge in [-0.15, -0.1) is 0 Å². The number of ether oxygens (including phenoxy) is 5. The molecule has 11 nitrogen and oxygen atoms in total. The molecule has 0 aromatic heterocycles. The van der Waals surface area contributed by atoms with E-state index in [1.54, 1.807) is 69.9 Å². The first-order valence-corrected chi connectivity index (χ1v) is 18.6. The van der Waals surface area contributed by atoms with E-state index in [4.69, 9.17) is 23.7 Å². The number of hydrogen-bond acceptors (Lipinski definition) is 10. The third-order valence-electron chi connectivity index (χ3n) is 14.1. The number of nitrogens with one attached hydrogen (secondary N) is 1. The first-order valence-electron chi connectivity index (χ1n) is 18.6. The quantitative estimate of drug-likeness (QED) is 0.307. The Morgan fingerprint density at radius 3 is 2.39 bits per heavy atom. The predicted octanol–water partition coefficient (Wildman–Crippen LogP) is 4.30. The molecule has 11 heteroatoms. The number of nitrogens with zero attached hydrogens (tertiary/aromatic N) is 1. The number of anilines is 1. The minimum atomic E-state index is -1.51. The third kappa shape index (κ3) is 4.58. The van der Waals surface area contributed by atoms with Crippen LogP contribution in [-0.2, 0) is 18.9 Å². The van der Waals surface area contributed by atoms with Gasteiger partial charge in [-0.3, -0.25) is 9.69 Å². The zero-order valence-corrected chi connectivity index (χ0v) is 30.5. The van der Waals surface area contributed by atoms with E-state index in [0.29, 0.717) is 62.2 Å². The number of piperidine rings is 1. The largest absolute Gasteiger partial charge is 0.491 e. The lowest BCUT2D eigenvalue weighted by atomic mass is 9.44. The molecule has 1 heterocycles. The van der Waals surface area contributed by atoms with Crippen molar-refractivity contribution in [2.75, 3.05) is 39.7 Å². The third-order valence-corrected chi connectivity index (χ3v) is 14.1. The number of carbonyl (C=O) groups is 2. The van der Waals surface area contributed by atoms with Crippen LogP contribution in [-0.4, -0.2) is 109 Å². The van der Waals surface area contributed by atoms with Crippen LogP contribution in [0, 0.1) is 29.1 Å². The number of amides is 1. The lowest BCUT2D eigenvalue weighted by Gasteiger charge is -2.70. The van der Waals surface area contributed by atoms with E-state index in [-0.39, 0.29) is 59.5 Å². The molecule has 0 radical (unpaired) electrons. The second kappa shape index (κ2) is 12.2. The Kier molecular flexibility index (Phi) is 8.40. The normalized spacial score (nSPS) is 41.7. The minimum Gasteiger partial charge on any atom is -0.491 e. The van der Waals surface area contributed by atoms with Crippen molar-refractivity contribution in [1.82, 2.24) is 4.90 Å². The van der Waals surface area contributed by atoms with Crippen molar-refractivity contribution in [1.29, 1.82) is 0 Å². The first kappa shape index (κ1) is 35.0. The van der Waals surface area contributed by atoms with Crippen LogP contribution < -0.4 is 10.1 Å². The standard InChI is InChI=1S/C40H52N2O9/c1-7-42-21-37(51-36(44)25-10-8-9-11-28(25)41-35(43)23-12-14-24(15-13-23)50-22(2)3)17-16-32(48-5)39-30(37)19-27(33(39)42)38(45)20-29(47-4)26-18-31(39)40(38,46)34(26)49-6/h8-15,22,26-27,29-34,45-46H,7,16-21H2,1-6H3,(H,41,43)/t26-,27+,29+,30-,31+,32+,33?,34+,37-,38+,39+,40+/m1/s1. The molecule has 7 bridgehead atoms. The summed E-state index contributed by atoms with van der Waals surface area (Å²) in [5.41, 5.74) is -3.39. The average molecular weight is 705 g/mol. The Balaban J connectivity index is 1.15. The molecular formula is C40H52N2O9. The average Bonchev–Trinajstić information content (AvgIpc) is 3.54. The van der Waals surface area contributed by atoms with Gasteiger partial charge in [-0.1, -0.05) is 19.1 Å². The van der Waals surface area contributed by atoms with Crippen molar-refractivity contribution in [2.24, 2.45) is 29.1 Å². The number of likely N-dealkylation sites (N-methyl/N-ethyl adjacent to an activating group) is 1. The Hall–Kier alpha value is -3.06. The molecular weight excluding hydrogens is 652 g/mol. The number of para-hydroxylation sites is 1. The second-order valence-corrected chi connectivity index (χ2v) is 16.1. The van der Waals surface area contributed by atoms with E-state index >= 15 is 0 Å². The van der Waals surface area contributed by atoms with Crippen LogP contribution in [0.25, 0.3) is 0 Å². The van der Waals surface area contributed by atoms with Crippen molar-refractivity contribution >= 4 is 17.6 Å². The van der Waals surface area contributed by atoms with E-state index in [1.807, 2.05) is 13.8 Å². The molecule has 5 saturated carbocycles. The second-order valence-electron chi connectivity index (χ2n) is 16.1. The fourth-order valence-corrected chi connectivity index (χ4v) is 12.6. The van der Waals surface area contributed by atoms with Crippen LogP contribution in [0.4, 0.5) is 5.69 Å². The van der Waals surface area contributed by atoms with E-state index in [9.17, 15) is 19.8 Å². The molecule has 8 rings (SSSR count).